The van der Waals surface area contributed by atoms with E-state index in [9.17, 15) is 4.79 Å². The van der Waals surface area contributed by atoms with Crippen LogP contribution in [0.1, 0.15) is 11.5 Å². The lowest BCUT2D eigenvalue weighted by molar-refractivity contribution is -0.132. The second-order valence-electron chi connectivity index (χ2n) is 3.02. The smallest absolute Gasteiger partial charge is 0.354 e. The minimum atomic E-state index is -1.15. The molecule has 0 aliphatic rings. The van der Waals surface area contributed by atoms with Gasteiger partial charge in [0.05, 0.1) is 0 Å². The van der Waals surface area contributed by atoms with Gasteiger partial charge in [0, 0.05) is 25.0 Å². The molecule has 1 rings (SSSR count). The normalized spacial score (nSPS) is 12.6. The van der Waals surface area contributed by atoms with Gasteiger partial charge in [-0.3, -0.25) is 9.98 Å². The van der Waals surface area contributed by atoms with Crippen molar-refractivity contribution in [1.82, 2.24) is 9.97 Å². The molecule has 6 nitrogen and oxygen atoms in total. The van der Waals surface area contributed by atoms with Gasteiger partial charge >= 0.3 is 5.97 Å². The number of nitrogens with one attached hydrogen (secondary N) is 1. The Kier molecular flexibility index (Phi) is 3.71. The molecule has 1 heterocycles. The summed E-state index contributed by atoms with van der Waals surface area (Å²) in [6.45, 7) is 5.03. The van der Waals surface area contributed by atoms with E-state index in [-0.39, 0.29) is 5.70 Å². The van der Waals surface area contributed by atoms with Crippen LogP contribution in [0.4, 0.5) is 0 Å². The monoisotopic (exact) mass is 220 g/mol. The van der Waals surface area contributed by atoms with Crippen LogP contribution in [0.5, 0.6) is 0 Å². The first kappa shape index (κ1) is 11.8. The Hall–Kier alpha value is -2.24. The van der Waals surface area contributed by atoms with Gasteiger partial charge in [0.25, 0.3) is 0 Å². The van der Waals surface area contributed by atoms with Crippen LogP contribution in [0.3, 0.4) is 0 Å². The predicted molar refractivity (Wildman–Crippen MR) is 61.1 cm³/mol. The summed E-state index contributed by atoms with van der Waals surface area (Å²) in [4.78, 5) is 25.1. The molecule has 0 saturated carbocycles. The van der Waals surface area contributed by atoms with Gasteiger partial charge in [0.1, 0.15) is 11.4 Å². The number of imidazole rings is 1. The summed E-state index contributed by atoms with van der Waals surface area (Å²) in [5.74, 6) is -0.651. The molecular weight excluding hydrogens is 208 g/mol. The van der Waals surface area contributed by atoms with E-state index in [2.05, 4.69) is 26.7 Å². The highest BCUT2D eigenvalue weighted by Crippen LogP contribution is 2.03. The van der Waals surface area contributed by atoms with Gasteiger partial charge in [-0.05, 0) is 13.6 Å². The van der Waals surface area contributed by atoms with E-state index in [1.807, 2.05) is 6.92 Å². The molecule has 16 heavy (non-hydrogen) atoms. The zero-order chi connectivity index (χ0) is 12.1. The Morgan fingerprint density at radius 3 is 2.75 bits per heavy atom. The highest BCUT2D eigenvalue weighted by molar-refractivity contribution is 6.09. The van der Waals surface area contributed by atoms with E-state index < -0.39 is 5.97 Å². The molecule has 2 N–H and O–H groups in total. The Morgan fingerprint density at radius 1 is 1.69 bits per heavy atom. The van der Waals surface area contributed by atoms with Gasteiger partial charge in [0.15, 0.2) is 5.82 Å². The largest absolute Gasteiger partial charge is 0.477 e. The first-order chi connectivity index (χ1) is 7.58. The molecule has 0 spiro atoms. The summed E-state index contributed by atoms with van der Waals surface area (Å²) in [6, 6.07) is 0. The maximum absolute atomic E-state index is 10.7. The lowest BCUT2D eigenvalue weighted by Crippen LogP contribution is -2.05. The van der Waals surface area contributed by atoms with Gasteiger partial charge in [0.2, 0.25) is 0 Å². The topological polar surface area (TPSA) is 90.7 Å². The number of carbonyl (C=O) groups is 1. The zero-order valence-electron chi connectivity index (χ0n) is 9.06. The van der Waals surface area contributed by atoms with Gasteiger partial charge in [-0.15, -0.1) is 0 Å². The minimum absolute atomic E-state index is 0.172. The second-order valence-corrected chi connectivity index (χ2v) is 3.02. The van der Waals surface area contributed by atoms with Gasteiger partial charge in [-0.25, -0.2) is 9.78 Å². The highest BCUT2D eigenvalue weighted by atomic mass is 16.4. The number of aliphatic imine (C=N–C) groups is 2. The van der Waals surface area contributed by atoms with Crippen LogP contribution < -0.4 is 0 Å². The standard InChI is InChI=1S/C10H12N4O2/c1-6-5-13-9(14-6)7(11-2)4-8(12-3)10(15)16/h4-5H,3H2,1-2H3,(H,13,14)(H,15,16)/b8-4-,11-7+. The van der Waals surface area contributed by atoms with Crippen molar-refractivity contribution < 1.29 is 9.90 Å². The van der Waals surface area contributed by atoms with Crippen LogP contribution in [0.25, 0.3) is 0 Å². The van der Waals surface area contributed by atoms with Crippen LogP contribution in [0.2, 0.25) is 0 Å². The van der Waals surface area contributed by atoms with Gasteiger partial charge in [-0.1, -0.05) is 0 Å². The maximum Gasteiger partial charge on any atom is 0.354 e. The molecule has 0 aliphatic heterocycles. The van der Waals surface area contributed by atoms with Gasteiger partial charge in [-0.2, -0.15) is 0 Å². The molecule has 0 aromatic carbocycles. The average Bonchev–Trinajstić information content (AvgIpc) is 2.66. The van der Waals surface area contributed by atoms with Crippen LogP contribution in [0, 0.1) is 6.92 Å². The van der Waals surface area contributed by atoms with Crippen LogP contribution >= 0.6 is 0 Å². The predicted octanol–water partition coefficient (Wildman–Crippen LogP) is 0.806. The van der Waals surface area contributed by atoms with Crippen molar-refractivity contribution in [1.29, 1.82) is 0 Å². The Labute approximate surface area is 92.5 Å². The fraction of sp³-hybridized carbons (Fsp3) is 0.200. The summed E-state index contributed by atoms with van der Waals surface area (Å²) >= 11 is 0. The summed E-state index contributed by atoms with van der Waals surface area (Å²) in [6.07, 6.45) is 2.95. The fourth-order valence-corrected chi connectivity index (χ4v) is 1.09. The number of aryl methyl sites for hydroxylation is 1. The molecule has 6 heteroatoms. The van der Waals surface area contributed by atoms with Gasteiger partial charge < -0.3 is 10.1 Å². The molecule has 0 fully saturated rings. The van der Waals surface area contributed by atoms with Crippen LogP contribution in [0.15, 0.2) is 28.0 Å². The zero-order valence-corrected chi connectivity index (χ0v) is 9.06. The third-order valence-corrected chi connectivity index (χ3v) is 1.85. The molecule has 0 aliphatic carbocycles. The number of allylic oxidation sites excluding steroid dienone is 1. The van der Waals surface area contributed by atoms with Crippen molar-refractivity contribution in [3.63, 3.8) is 0 Å². The quantitative estimate of drug-likeness (QED) is 0.581. The SMILES string of the molecule is C=N/C(=C\C(=N/C)c1ncc(C)[nH]1)C(=O)O. The minimum Gasteiger partial charge on any atom is -0.477 e. The average molecular weight is 220 g/mol. The van der Waals surface area contributed by atoms with E-state index >= 15 is 0 Å². The molecule has 84 valence electrons. The Morgan fingerprint density at radius 2 is 2.38 bits per heavy atom. The van der Waals surface area contributed by atoms with Crippen molar-refractivity contribution in [2.45, 2.75) is 6.92 Å². The molecule has 0 radical (unpaired) electrons. The van der Waals surface area contributed by atoms with E-state index in [4.69, 9.17) is 5.11 Å². The van der Waals surface area contributed by atoms with E-state index in [0.717, 1.165) is 5.69 Å². The molecule has 0 unspecified atom stereocenters. The number of aliphatic carboxylic acids is 1. The summed E-state index contributed by atoms with van der Waals surface area (Å²) in [5, 5.41) is 8.78. The van der Waals surface area contributed by atoms with E-state index in [0.29, 0.717) is 11.5 Å². The highest BCUT2D eigenvalue weighted by Gasteiger charge is 2.09. The number of nitrogens with zero attached hydrogens (tertiary/aromatic N) is 3. The molecule has 1 aromatic rings. The molecule has 0 amide bonds. The van der Waals surface area contributed by atoms with Crippen molar-refractivity contribution in [3.05, 3.63) is 29.5 Å². The third-order valence-electron chi connectivity index (χ3n) is 1.85. The Balaban J connectivity index is 3.10. The number of aromatic nitrogens is 2. The van der Waals surface area contributed by atoms with Crippen molar-refractivity contribution in [3.8, 4) is 0 Å². The molecular formula is C10H12N4O2. The second kappa shape index (κ2) is 5.01. The third kappa shape index (κ3) is 2.63. The van der Waals surface area contributed by atoms with E-state index in [1.54, 1.807) is 13.2 Å². The van der Waals surface area contributed by atoms with E-state index in [1.165, 1.54) is 6.08 Å². The van der Waals surface area contributed by atoms with Crippen LogP contribution in [-0.2, 0) is 4.79 Å². The lowest BCUT2D eigenvalue weighted by Gasteiger charge is -1.97. The van der Waals surface area contributed by atoms with Crippen molar-refractivity contribution in [2.24, 2.45) is 9.98 Å². The number of rotatable bonds is 4. The van der Waals surface area contributed by atoms with Crippen LogP contribution in [-0.4, -0.2) is 40.5 Å². The number of carboxylic acid groups (broad SMARTS) is 1. The molecule has 0 saturated heterocycles. The van der Waals surface area contributed by atoms with Crippen molar-refractivity contribution in [2.75, 3.05) is 7.05 Å². The number of carboxylic acids is 1. The summed E-state index contributed by atoms with van der Waals surface area (Å²) in [7, 11) is 1.55. The molecule has 0 atom stereocenters. The molecule has 1 aromatic heterocycles. The summed E-state index contributed by atoms with van der Waals surface area (Å²) < 4.78 is 0. The first-order valence-electron chi connectivity index (χ1n) is 4.49. The number of aromatic amines is 1. The first-order valence-corrected chi connectivity index (χ1v) is 4.49. The molecule has 0 bridgehead atoms. The summed E-state index contributed by atoms with van der Waals surface area (Å²) in [5.41, 5.74) is 1.11. The van der Waals surface area contributed by atoms with Crippen molar-refractivity contribution >= 4 is 18.4 Å². The fourth-order valence-electron chi connectivity index (χ4n) is 1.09. The lowest BCUT2D eigenvalue weighted by atomic mass is 10.3. The number of hydrogen-bond acceptors (Lipinski definition) is 4. The number of hydrogen-bond donors (Lipinski definition) is 2. The number of H-pyrrole nitrogens is 1. The Bertz CT molecular complexity index is 471. The maximum atomic E-state index is 10.7.